The van der Waals surface area contributed by atoms with Crippen molar-refractivity contribution < 1.29 is 9.53 Å². The minimum atomic E-state index is -0.381. The maximum absolute atomic E-state index is 12.3. The van der Waals surface area contributed by atoms with Crippen LogP contribution in [0.25, 0.3) is 22.4 Å². The first-order valence-electron chi connectivity index (χ1n) is 7.34. The van der Waals surface area contributed by atoms with Crippen molar-refractivity contribution in [3.8, 4) is 22.4 Å². The molecule has 0 radical (unpaired) electrons. The van der Waals surface area contributed by atoms with Crippen molar-refractivity contribution in [2.45, 2.75) is 6.92 Å². The summed E-state index contributed by atoms with van der Waals surface area (Å²) in [6.45, 7) is 1.85. The third-order valence-electron chi connectivity index (χ3n) is 3.84. The fraction of sp³-hybridized carbons (Fsp3) is 0.105. The zero-order chi connectivity index (χ0) is 17.3. The average molecular weight is 360 g/mol. The van der Waals surface area contributed by atoms with E-state index in [1.807, 2.05) is 43.3 Å². The van der Waals surface area contributed by atoms with E-state index >= 15 is 0 Å². The molecule has 0 aliphatic carbocycles. The van der Waals surface area contributed by atoms with Crippen LogP contribution in [0.15, 0.2) is 48.5 Å². The molecule has 0 saturated carbocycles. The third kappa shape index (κ3) is 3.05. The standard InChI is InChI=1S/C19H15Cl2NO2/c1-11-16(19(23)24-2)17(12-3-7-14(20)8-4-12)18(22-11)13-5-9-15(21)10-6-13/h3-10,22H,1-2H3. The Morgan fingerprint density at radius 3 is 1.92 bits per heavy atom. The zero-order valence-electron chi connectivity index (χ0n) is 13.2. The SMILES string of the molecule is COC(=O)c1c(C)[nH]c(-c2ccc(Cl)cc2)c1-c1ccc(Cl)cc1. The van der Waals surface area contributed by atoms with Crippen LogP contribution < -0.4 is 0 Å². The first-order chi connectivity index (χ1) is 11.5. The normalized spacial score (nSPS) is 10.7. The Balaban J connectivity index is 2.27. The predicted octanol–water partition coefficient (Wildman–Crippen LogP) is 5.75. The molecule has 122 valence electrons. The number of benzene rings is 2. The van der Waals surface area contributed by atoms with E-state index in [-0.39, 0.29) is 5.97 Å². The van der Waals surface area contributed by atoms with E-state index in [4.69, 9.17) is 27.9 Å². The summed E-state index contributed by atoms with van der Waals surface area (Å²) in [6, 6.07) is 14.8. The molecule has 0 unspecified atom stereocenters. The lowest BCUT2D eigenvalue weighted by molar-refractivity contribution is 0.0601. The summed E-state index contributed by atoms with van der Waals surface area (Å²) < 4.78 is 4.97. The van der Waals surface area contributed by atoms with Crippen molar-refractivity contribution in [1.82, 2.24) is 4.98 Å². The number of aryl methyl sites for hydroxylation is 1. The Kier molecular flexibility index (Phi) is 4.65. The summed E-state index contributed by atoms with van der Waals surface area (Å²) in [4.78, 5) is 15.6. The number of halogens is 2. The molecule has 0 amide bonds. The van der Waals surface area contributed by atoms with Gasteiger partial charge in [0.2, 0.25) is 0 Å². The van der Waals surface area contributed by atoms with Gasteiger partial charge in [0.15, 0.2) is 0 Å². The highest BCUT2D eigenvalue weighted by Gasteiger charge is 2.23. The van der Waals surface area contributed by atoms with Crippen LogP contribution in [0.4, 0.5) is 0 Å². The highest BCUT2D eigenvalue weighted by atomic mass is 35.5. The van der Waals surface area contributed by atoms with Crippen molar-refractivity contribution in [2.24, 2.45) is 0 Å². The first-order valence-corrected chi connectivity index (χ1v) is 8.09. The highest BCUT2D eigenvalue weighted by Crippen LogP contribution is 2.37. The lowest BCUT2D eigenvalue weighted by Gasteiger charge is -2.08. The van der Waals surface area contributed by atoms with Crippen LogP contribution in [0, 0.1) is 6.92 Å². The Bertz CT molecular complexity index is 881. The Labute approximate surface area is 150 Å². The van der Waals surface area contributed by atoms with Gasteiger partial charge in [-0.05, 0) is 42.3 Å². The Hall–Kier alpha value is -2.23. The van der Waals surface area contributed by atoms with Crippen LogP contribution in [0.2, 0.25) is 10.0 Å². The molecular formula is C19H15Cl2NO2. The van der Waals surface area contributed by atoms with Crippen LogP contribution in [0.5, 0.6) is 0 Å². The van der Waals surface area contributed by atoms with Gasteiger partial charge in [-0.1, -0.05) is 47.5 Å². The summed E-state index contributed by atoms with van der Waals surface area (Å²) in [5.41, 5.74) is 4.71. The van der Waals surface area contributed by atoms with E-state index in [0.29, 0.717) is 15.6 Å². The topological polar surface area (TPSA) is 42.1 Å². The number of rotatable bonds is 3. The van der Waals surface area contributed by atoms with Crippen molar-refractivity contribution in [3.05, 3.63) is 69.8 Å². The molecule has 0 fully saturated rings. The lowest BCUT2D eigenvalue weighted by Crippen LogP contribution is -2.03. The molecule has 3 aromatic rings. The van der Waals surface area contributed by atoms with Crippen molar-refractivity contribution in [3.63, 3.8) is 0 Å². The molecule has 0 bridgehead atoms. The number of carbonyl (C=O) groups is 1. The molecule has 5 heteroatoms. The summed E-state index contributed by atoms with van der Waals surface area (Å²) in [7, 11) is 1.38. The molecule has 3 nitrogen and oxygen atoms in total. The van der Waals surface area contributed by atoms with Crippen LogP contribution in [0.3, 0.4) is 0 Å². The molecule has 0 spiro atoms. The van der Waals surface area contributed by atoms with Gasteiger partial charge in [-0.25, -0.2) is 4.79 Å². The summed E-state index contributed by atoms with van der Waals surface area (Å²) in [5, 5.41) is 1.29. The van der Waals surface area contributed by atoms with Gasteiger partial charge in [-0.3, -0.25) is 0 Å². The molecule has 1 heterocycles. The molecule has 3 rings (SSSR count). The van der Waals surface area contributed by atoms with E-state index in [2.05, 4.69) is 4.98 Å². The Morgan fingerprint density at radius 2 is 1.42 bits per heavy atom. The number of hydrogen-bond acceptors (Lipinski definition) is 2. The van der Waals surface area contributed by atoms with Gasteiger partial charge in [0.25, 0.3) is 0 Å². The van der Waals surface area contributed by atoms with Gasteiger partial charge in [-0.2, -0.15) is 0 Å². The number of H-pyrrole nitrogens is 1. The Morgan fingerprint density at radius 1 is 0.917 bits per heavy atom. The van der Waals surface area contributed by atoms with E-state index < -0.39 is 0 Å². The fourth-order valence-corrected chi connectivity index (χ4v) is 2.97. The molecule has 0 aliphatic heterocycles. The molecule has 24 heavy (non-hydrogen) atoms. The quantitative estimate of drug-likeness (QED) is 0.604. The molecule has 0 aliphatic rings. The molecule has 0 atom stereocenters. The number of methoxy groups -OCH3 is 1. The lowest BCUT2D eigenvalue weighted by atomic mass is 9.97. The largest absolute Gasteiger partial charge is 0.465 e. The van der Waals surface area contributed by atoms with Gasteiger partial charge in [0, 0.05) is 21.3 Å². The minimum Gasteiger partial charge on any atom is -0.465 e. The first kappa shape index (κ1) is 16.6. The number of hydrogen-bond donors (Lipinski definition) is 1. The number of carbonyl (C=O) groups excluding carboxylic acids is 1. The fourth-order valence-electron chi connectivity index (χ4n) is 2.72. The van der Waals surface area contributed by atoms with Crippen LogP contribution >= 0.6 is 23.2 Å². The van der Waals surface area contributed by atoms with Crippen molar-refractivity contribution >= 4 is 29.2 Å². The number of ether oxygens (including phenoxy) is 1. The van der Waals surface area contributed by atoms with Gasteiger partial charge in [-0.15, -0.1) is 0 Å². The van der Waals surface area contributed by atoms with Crippen LogP contribution in [-0.2, 0) is 4.74 Å². The van der Waals surface area contributed by atoms with Gasteiger partial charge >= 0.3 is 5.97 Å². The van der Waals surface area contributed by atoms with E-state index in [9.17, 15) is 4.79 Å². The zero-order valence-corrected chi connectivity index (χ0v) is 14.7. The minimum absolute atomic E-state index is 0.381. The third-order valence-corrected chi connectivity index (χ3v) is 4.35. The predicted molar refractivity (Wildman–Crippen MR) is 97.8 cm³/mol. The van der Waals surface area contributed by atoms with Crippen LogP contribution in [-0.4, -0.2) is 18.1 Å². The molecule has 2 aromatic carbocycles. The molecule has 1 aromatic heterocycles. The van der Waals surface area contributed by atoms with Crippen molar-refractivity contribution in [1.29, 1.82) is 0 Å². The number of aromatic amines is 1. The maximum Gasteiger partial charge on any atom is 0.340 e. The van der Waals surface area contributed by atoms with E-state index in [0.717, 1.165) is 28.1 Å². The second-order valence-electron chi connectivity index (χ2n) is 5.38. The summed E-state index contributed by atoms with van der Waals surface area (Å²) in [6.07, 6.45) is 0. The molecule has 1 N–H and O–H groups in total. The van der Waals surface area contributed by atoms with Gasteiger partial charge in [0.05, 0.1) is 18.4 Å². The van der Waals surface area contributed by atoms with E-state index in [1.165, 1.54) is 7.11 Å². The number of esters is 1. The highest BCUT2D eigenvalue weighted by molar-refractivity contribution is 6.31. The molecule has 0 saturated heterocycles. The summed E-state index contributed by atoms with van der Waals surface area (Å²) in [5.74, 6) is -0.381. The second kappa shape index (κ2) is 6.71. The second-order valence-corrected chi connectivity index (χ2v) is 6.25. The van der Waals surface area contributed by atoms with E-state index in [1.54, 1.807) is 12.1 Å². The smallest absolute Gasteiger partial charge is 0.340 e. The maximum atomic E-state index is 12.3. The van der Waals surface area contributed by atoms with Crippen molar-refractivity contribution in [2.75, 3.05) is 7.11 Å². The van der Waals surface area contributed by atoms with Gasteiger partial charge in [0.1, 0.15) is 0 Å². The van der Waals surface area contributed by atoms with Gasteiger partial charge < -0.3 is 9.72 Å². The average Bonchev–Trinajstić information content (AvgIpc) is 2.93. The number of aromatic nitrogens is 1. The van der Waals surface area contributed by atoms with Crippen LogP contribution in [0.1, 0.15) is 16.1 Å². The number of nitrogens with one attached hydrogen (secondary N) is 1. The monoisotopic (exact) mass is 359 g/mol. The summed E-state index contributed by atoms with van der Waals surface area (Å²) >= 11 is 12.0. The molecular weight excluding hydrogens is 345 g/mol.